The Labute approximate surface area is 141 Å². The molecule has 0 saturated carbocycles. The maximum atomic E-state index is 12.3. The average Bonchev–Trinajstić information content (AvgIpc) is 3.12. The van der Waals surface area contributed by atoms with Gasteiger partial charge in [-0.2, -0.15) is 0 Å². The molecular weight excluding hydrogens is 320 g/mol. The molecule has 0 aliphatic heterocycles. The van der Waals surface area contributed by atoms with E-state index in [0.717, 1.165) is 10.9 Å². The third-order valence-electron chi connectivity index (χ3n) is 3.95. The molecule has 1 amide bonds. The molecule has 0 radical (unpaired) electrons. The van der Waals surface area contributed by atoms with Crippen LogP contribution in [0, 0.1) is 0 Å². The average molecular weight is 334 g/mol. The van der Waals surface area contributed by atoms with Crippen molar-refractivity contribution in [3.8, 4) is 0 Å². The van der Waals surface area contributed by atoms with E-state index >= 15 is 0 Å². The number of nitrogens with one attached hydrogen (secondary N) is 1. The number of carbonyl (C=O) groups is 1. The monoisotopic (exact) mass is 334 g/mol. The van der Waals surface area contributed by atoms with Crippen LogP contribution < -0.4 is 10.9 Å². The van der Waals surface area contributed by atoms with Crippen molar-refractivity contribution in [3.05, 3.63) is 71.1 Å². The van der Waals surface area contributed by atoms with Crippen molar-refractivity contribution in [1.82, 2.24) is 19.9 Å². The van der Waals surface area contributed by atoms with Gasteiger partial charge in [-0.25, -0.2) is 0 Å². The SMILES string of the molecule is O=C(NCCn1ccc2ccoc2c1=O)c1ccc2nccnc2c1. The first-order valence-corrected chi connectivity index (χ1v) is 7.78. The largest absolute Gasteiger partial charge is 0.459 e. The lowest BCUT2D eigenvalue weighted by Crippen LogP contribution is -2.30. The fourth-order valence-corrected chi connectivity index (χ4v) is 2.67. The molecule has 7 heteroatoms. The summed E-state index contributed by atoms with van der Waals surface area (Å²) in [6.07, 6.45) is 6.37. The first kappa shape index (κ1) is 15.1. The van der Waals surface area contributed by atoms with Crippen LogP contribution in [0.1, 0.15) is 10.4 Å². The molecule has 1 aromatic carbocycles. The second-order valence-electron chi connectivity index (χ2n) is 5.54. The highest BCUT2D eigenvalue weighted by molar-refractivity contribution is 5.97. The molecule has 0 saturated heterocycles. The van der Waals surface area contributed by atoms with E-state index in [2.05, 4.69) is 15.3 Å². The van der Waals surface area contributed by atoms with Crippen LogP contribution in [0.2, 0.25) is 0 Å². The van der Waals surface area contributed by atoms with E-state index in [-0.39, 0.29) is 11.5 Å². The van der Waals surface area contributed by atoms with Gasteiger partial charge >= 0.3 is 0 Å². The molecule has 0 bridgehead atoms. The highest BCUT2D eigenvalue weighted by atomic mass is 16.3. The molecule has 124 valence electrons. The Kier molecular flexibility index (Phi) is 3.74. The van der Waals surface area contributed by atoms with Gasteiger partial charge in [-0.15, -0.1) is 0 Å². The molecule has 0 fully saturated rings. The Hall–Kier alpha value is -3.48. The van der Waals surface area contributed by atoms with Crippen molar-refractivity contribution in [2.24, 2.45) is 0 Å². The van der Waals surface area contributed by atoms with Crippen LogP contribution in [0.3, 0.4) is 0 Å². The van der Waals surface area contributed by atoms with Crippen molar-refractivity contribution in [1.29, 1.82) is 0 Å². The molecule has 0 unspecified atom stereocenters. The van der Waals surface area contributed by atoms with Crippen LogP contribution in [-0.2, 0) is 6.54 Å². The Bertz CT molecular complexity index is 1130. The summed E-state index contributed by atoms with van der Waals surface area (Å²) in [5.74, 6) is -0.223. The van der Waals surface area contributed by atoms with Crippen LogP contribution in [0.4, 0.5) is 0 Å². The lowest BCUT2D eigenvalue weighted by atomic mass is 10.2. The summed E-state index contributed by atoms with van der Waals surface area (Å²) >= 11 is 0. The fourth-order valence-electron chi connectivity index (χ4n) is 2.67. The molecule has 4 rings (SSSR count). The second-order valence-corrected chi connectivity index (χ2v) is 5.54. The zero-order valence-electron chi connectivity index (χ0n) is 13.2. The van der Waals surface area contributed by atoms with E-state index < -0.39 is 0 Å². The van der Waals surface area contributed by atoms with Crippen LogP contribution >= 0.6 is 0 Å². The van der Waals surface area contributed by atoms with Crippen LogP contribution in [0.15, 0.2) is 64.4 Å². The van der Waals surface area contributed by atoms with Gasteiger partial charge in [0.15, 0.2) is 5.58 Å². The van der Waals surface area contributed by atoms with Crippen molar-refractivity contribution >= 4 is 27.9 Å². The number of nitrogens with zero attached hydrogens (tertiary/aromatic N) is 3. The normalized spacial score (nSPS) is 11.0. The molecule has 1 N–H and O–H groups in total. The molecule has 25 heavy (non-hydrogen) atoms. The predicted molar refractivity (Wildman–Crippen MR) is 92.3 cm³/mol. The zero-order valence-corrected chi connectivity index (χ0v) is 13.2. The maximum absolute atomic E-state index is 12.3. The van der Waals surface area contributed by atoms with E-state index in [0.29, 0.717) is 29.8 Å². The summed E-state index contributed by atoms with van der Waals surface area (Å²) in [5.41, 5.74) is 2.01. The van der Waals surface area contributed by atoms with Gasteiger partial charge < -0.3 is 14.3 Å². The molecule has 3 heterocycles. The number of amides is 1. The van der Waals surface area contributed by atoms with E-state index in [1.807, 2.05) is 6.07 Å². The number of fused-ring (bicyclic) bond motifs is 2. The van der Waals surface area contributed by atoms with Crippen molar-refractivity contribution < 1.29 is 9.21 Å². The minimum atomic E-state index is -0.223. The number of hydrogen-bond donors (Lipinski definition) is 1. The molecule has 4 aromatic rings. The first-order chi connectivity index (χ1) is 12.2. The highest BCUT2D eigenvalue weighted by Gasteiger charge is 2.08. The third kappa shape index (κ3) is 2.87. The maximum Gasteiger partial charge on any atom is 0.294 e. The summed E-state index contributed by atoms with van der Waals surface area (Å²) in [6, 6.07) is 8.70. The smallest absolute Gasteiger partial charge is 0.294 e. The van der Waals surface area contributed by atoms with Gasteiger partial charge in [-0.1, -0.05) is 0 Å². The summed E-state index contributed by atoms with van der Waals surface area (Å²) in [4.78, 5) is 32.9. The Morgan fingerprint density at radius 3 is 2.84 bits per heavy atom. The van der Waals surface area contributed by atoms with Crippen LogP contribution in [0.25, 0.3) is 22.0 Å². The lowest BCUT2D eigenvalue weighted by molar-refractivity contribution is 0.0952. The number of rotatable bonds is 4. The number of pyridine rings is 1. The van der Waals surface area contributed by atoms with Gasteiger partial charge in [0.25, 0.3) is 11.5 Å². The van der Waals surface area contributed by atoms with Gasteiger partial charge in [-0.3, -0.25) is 19.6 Å². The number of benzene rings is 1. The minimum absolute atomic E-state index is 0.210. The first-order valence-electron chi connectivity index (χ1n) is 7.78. The highest BCUT2D eigenvalue weighted by Crippen LogP contribution is 2.11. The van der Waals surface area contributed by atoms with Gasteiger partial charge in [0.2, 0.25) is 0 Å². The molecule has 0 aliphatic rings. The summed E-state index contributed by atoms with van der Waals surface area (Å²) in [5, 5.41) is 3.57. The van der Waals surface area contributed by atoms with Crippen molar-refractivity contribution in [2.75, 3.05) is 6.54 Å². The fraction of sp³-hybridized carbons (Fsp3) is 0.111. The van der Waals surface area contributed by atoms with Crippen molar-refractivity contribution in [2.45, 2.75) is 6.54 Å². The number of furan rings is 1. The Morgan fingerprint density at radius 1 is 1.12 bits per heavy atom. The summed E-state index contributed by atoms with van der Waals surface area (Å²) in [7, 11) is 0. The molecule has 0 spiro atoms. The van der Waals surface area contributed by atoms with E-state index in [1.165, 1.54) is 10.8 Å². The quantitative estimate of drug-likeness (QED) is 0.616. The Morgan fingerprint density at radius 2 is 1.96 bits per heavy atom. The number of carbonyl (C=O) groups excluding carboxylic acids is 1. The number of aromatic nitrogens is 3. The third-order valence-corrected chi connectivity index (χ3v) is 3.95. The number of hydrogen-bond acceptors (Lipinski definition) is 5. The van der Waals surface area contributed by atoms with Gasteiger partial charge in [0.05, 0.1) is 17.3 Å². The summed E-state index contributed by atoms with van der Waals surface area (Å²) in [6.45, 7) is 0.679. The van der Waals surface area contributed by atoms with E-state index in [1.54, 1.807) is 42.9 Å². The van der Waals surface area contributed by atoms with Gasteiger partial charge in [0, 0.05) is 42.6 Å². The lowest BCUT2D eigenvalue weighted by Gasteiger charge is -2.08. The van der Waals surface area contributed by atoms with Crippen molar-refractivity contribution in [3.63, 3.8) is 0 Å². The topological polar surface area (TPSA) is 90.0 Å². The minimum Gasteiger partial charge on any atom is -0.459 e. The zero-order chi connectivity index (χ0) is 17.2. The molecule has 0 atom stereocenters. The second kappa shape index (κ2) is 6.20. The van der Waals surface area contributed by atoms with Crippen LogP contribution in [0.5, 0.6) is 0 Å². The predicted octanol–water partition coefficient (Wildman–Crippen LogP) is 1.97. The Balaban J connectivity index is 1.45. The van der Waals surface area contributed by atoms with E-state index in [4.69, 9.17) is 4.42 Å². The van der Waals surface area contributed by atoms with Crippen LogP contribution in [-0.4, -0.2) is 27.0 Å². The standard InChI is InChI=1S/C18H14N4O3/c23-17(13-1-2-14-15(11-13)20-6-5-19-14)21-7-9-22-8-3-12-4-10-25-16(12)18(22)24/h1-6,8,10-11H,7,9H2,(H,21,23). The summed E-state index contributed by atoms with van der Waals surface area (Å²) < 4.78 is 6.71. The van der Waals surface area contributed by atoms with Gasteiger partial charge in [-0.05, 0) is 30.3 Å². The van der Waals surface area contributed by atoms with Gasteiger partial charge in [0.1, 0.15) is 0 Å². The molecular formula is C18H14N4O3. The molecule has 7 nitrogen and oxygen atoms in total. The molecule has 0 aliphatic carbocycles. The molecule has 3 aromatic heterocycles. The van der Waals surface area contributed by atoms with E-state index in [9.17, 15) is 9.59 Å².